The molecule has 0 amide bonds. The SMILES string of the molecule is O=c1[nH]c(=O)n([C@H]2O[C@H](COC3O[C@H](CO)[C@@H](O)[C@@H]3O)[C@@H](O)[C@]2(O)F)cc1I. The molecule has 2 saturated heterocycles. The number of alkyl halides is 1. The molecule has 0 bridgehead atoms. The number of halogens is 2. The summed E-state index contributed by atoms with van der Waals surface area (Å²) >= 11 is 1.59. The van der Waals surface area contributed by atoms with Crippen LogP contribution in [-0.2, 0) is 14.2 Å². The second-order valence-electron chi connectivity index (χ2n) is 6.38. The molecule has 0 saturated carbocycles. The Morgan fingerprint density at radius 1 is 1.25 bits per heavy atom. The highest BCUT2D eigenvalue weighted by atomic mass is 127. The quantitative estimate of drug-likeness (QED) is 0.213. The molecule has 12 nitrogen and oxygen atoms in total. The van der Waals surface area contributed by atoms with E-state index in [1.807, 2.05) is 4.98 Å². The molecule has 2 fully saturated rings. The Morgan fingerprint density at radius 3 is 2.54 bits per heavy atom. The molecule has 158 valence electrons. The Kier molecular flexibility index (Phi) is 6.23. The lowest BCUT2D eigenvalue weighted by atomic mass is 10.1. The third kappa shape index (κ3) is 3.75. The number of H-pyrrole nitrogens is 1. The molecule has 6 N–H and O–H groups in total. The van der Waals surface area contributed by atoms with Crippen LogP contribution in [0.15, 0.2) is 15.8 Å². The topological polar surface area (TPSA) is 184 Å². The first kappa shape index (κ1) is 21.7. The van der Waals surface area contributed by atoms with E-state index in [0.29, 0.717) is 4.57 Å². The summed E-state index contributed by atoms with van der Waals surface area (Å²) in [6.45, 7) is -1.17. The summed E-state index contributed by atoms with van der Waals surface area (Å²) in [6, 6.07) is 0. The van der Waals surface area contributed by atoms with Crippen molar-refractivity contribution in [1.82, 2.24) is 9.55 Å². The minimum absolute atomic E-state index is 0.0114. The molecule has 8 atom stereocenters. The second-order valence-corrected chi connectivity index (χ2v) is 7.55. The van der Waals surface area contributed by atoms with E-state index in [4.69, 9.17) is 19.3 Å². The zero-order valence-electron chi connectivity index (χ0n) is 14.0. The van der Waals surface area contributed by atoms with E-state index >= 15 is 0 Å². The zero-order valence-corrected chi connectivity index (χ0v) is 16.2. The summed E-state index contributed by atoms with van der Waals surface area (Å²) in [5, 5.41) is 48.5. The average Bonchev–Trinajstić information content (AvgIpc) is 3.04. The van der Waals surface area contributed by atoms with Gasteiger partial charge < -0.3 is 39.7 Å². The highest BCUT2D eigenvalue weighted by Crippen LogP contribution is 2.39. The summed E-state index contributed by atoms with van der Waals surface area (Å²) in [7, 11) is 0. The lowest BCUT2D eigenvalue weighted by molar-refractivity contribution is -0.197. The van der Waals surface area contributed by atoms with Crippen LogP contribution < -0.4 is 11.2 Å². The number of ether oxygens (including phenoxy) is 3. The van der Waals surface area contributed by atoms with Crippen LogP contribution in [0.4, 0.5) is 4.39 Å². The van der Waals surface area contributed by atoms with Crippen LogP contribution in [0.5, 0.6) is 0 Å². The predicted octanol–water partition coefficient (Wildman–Crippen LogP) is -3.49. The van der Waals surface area contributed by atoms with Gasteiger partial charge in [-0.15, -0.1) is 0 Å². The number of aromatic amines is 1. The number of nitrogens with one attached hydrogen (secondary N) is 1. The monoisotopic (exact) mass is 520 g/mol. The van der Waals surface area contributed by atoms with Gasteiger partial charge in [-0.2, -0.15) is 0 Å². The molecule has 3 rings (SSSR count). The van der Waals surface area contributed by atoms with Gasteiger partial charge in [0, 0.05) is 6.20 Å². The van der Waals surface area contributed by atoms with E-state index in [-0.39, 0.29) is 3.57 Å². The molecule has 0 aromatic carbocycles. The smallest absolute Gasteiger partial charge is 0.330 e. The Bertz CT molecular complexity index is 831. The molecule has 0 radical (unpaired) electrons. The van der Waals surface area contributed by atoms with E-state index in [1.54, 1.807) is 22.6 Å². The van der Waals surface area contributed by atoms with E-state index in [0.717, 1.165) is 6.20 Å². The second kappa shape index (κ2) is 8.04. The molecular formula is C14H18FIN2O10. The highest BCUT2D eigenvalue weighted by molar-refractivity contribution is 14.1. The minimum Gasteiger partial charge on any atom is -0.394 e. The standard InChI is InChI=1S/C14H18FIN2O10/c15-14(25)9(22)6(3-26-11-8(21)7(20)5(2-19)27-11)28-12(14)18-1-4(16)10(23)17-13(18)24/h1,5-9,11-12,19-22,25H,2-3H2,(H,17,23,24)/t5-,6-,7-,8+,9-,11?,12+,14-/m1/s1. The number of nitrogens with zero attached hydrogens (tertiary/aromatic N) is 1. The maximum Gasteiger partial charge on any atom is 0.330 e. The summed E-state index contributed by atoms with van der Waals surface area (Å²) in [6.07, 6.45) is -10.1. The average molecular weight is 520 g/mol. The van der Waals surface area contributed by atoms with Gasteiger partial charge in [0.05, 0.1) is 16.8 Å². The zero-order chi connectivity index (χ0) is 20.8. The minimum atomic E-state index is -3.40. The molecule has 1 unspecified atom stereocenters. The number of rotatable bonds is 5. The van der Waals surface area contributed by atoms with Crippen molar-refractivity contribution in [3.63, 3.8) is 0 Å². The maximum absolute atomic E-state index is 14.7. The van der Waals surface area contributed by atoms with Crippen molar-refractivity contribution in [2.45, 2.75) is 48.9 Å². The van der Waals surface area contributed by atoms with E-state index in [1.165, 1.54) is 0 Å². The molecule has 2 aliphatic heterocycles. The van der Waals surface area contributed by atoms with Gasteiger partial charge in [0.1, 0.15) is 30.5 Å². The van der Waals surface area contributed by atoms with Gasteiger partial charge in [-0.3, -0.25) is 14.3 Å². The Hall–Kier alpha value is -0.980. The normalized spacial score (nSPS) is 40.9. The van der Waals surface area contributed by atoms with Crippen LogP contribution >= 0.6 is 22.6 Å². The van der Waals surface area contributed by atoms with Gasteiger partial charge in [0.25, 0.3) is 11.4 Å². The van der Waals surface area contributed by atoms with Crippen LogP contribution in [0, 0.1) is 3.57 Å². The fraction of sp³-hybridized carbons (Fsp3) is 0.714. The van der Waals surface area contributed by atoms with Gasteiger partial charge >= 0.3 is 5.69 Å². The van der Waals surface area contributed by atoms with Crippen molar-refractivity contribution >= 4 is 22.6 Å². The summed E-state index contributed by atoms with van der Waals surface area (Å²) in [5.41, 5.74) is -1.78. The van der Waals surface area contributed by atoms with Crippen LogP contribution in [0.3, 0.4) is 0 Å². The molecule has 2 aliphatic rings. The summed E-state index contributed by atoms with van der Waals surface area (Å²) < 4.78 is 30.7. The van der Waals surface area contributed by atoms with E-state index in [2.05, 4.69) is 0 Å². The summed E-state index contributed by atoms with van der Waals surface area (Å²) in [5.74, 6) is -3.40. The van der Waals surface area contributed by atoms with Crippen molar-refractivity contribution < 1.29 is 44.1 Å². The van der Waals surface area contributed by atoms with Crippen LogP contribution in [0.2, 0.25) is 0 Å². The van der Waals surface area contributed by atoms with Crippen LogP contribution in [0.25, 0.3) is 0 Å². The van der Waals surface area contributed by atoms with Gasteiger partial charge in [-0.05, 0) is 22.6 Å². The fourth-order valence-corrected chi connectivity index (χ4v) is 3.40. The number of hydrogen-bond donors (Lipinski definition) is 6. The number of hydrogen-bond acceptors (Lipinski definition) is 10. The molecule has 14 heteroatoms. The first-order chi connectivity index (χ1) is 13.1. The molecular weight excluding hydrogens is 502 g/mol. The Morgan fingerprint density at radius 2 is 1.93 bits per heavy atom. The molecule has 0 aliphatic carbocycles. The summed E-state index contributed by atoms with van der Waals surface area (Å²) in [4.78, 5) is 25.3. The molecule has 1 aromatic heterocycles. The van der Waals surface area contributed by atoms with Crippen molar-refractivity contribution in [3.8, 4) is 0 Å². The molecule has 0 spiro atoms. The van der Waals surface area contributed by atoms with E-state index < -0.39 is 73.4 Å². The third-order valence-electron chi connectivity index (χ3n) is 4.52. The third-order valence-corrected chi connectivity index (χ3v) is 5.29. The van der Waals surface area contributed by atoms with E-state index in [9.17, 15) is 34.4 Å². The molecule has 3 heterocycles. The lowest BCUT2D eigenvalue weighted by Crippen LogP contribution is -2.46. The van der Waals surface area contributed by atoms with Gasteiger partial charge in [-0.1, -0.05) is 0 Å². The van der Waals surface area contributed by atoms with Crippen LogP contribution in [-0.4, -0.2) is 91.0 Å². The number of aliphatic hydroxyl groups excluding tert-OH is 4. The Balaban J connectivity index is 1.74. The fourth-order valence-electron chi connectivity index (χ4n) is 2.96. The number of aliphatic hydroxyl groups is 5. The van der Waals surface area contributed by atoms with Crippen molar-refractivity contribution in [1.29, 1.82) is 0 Å². The van der Waals surface area contributed by atoms with Crippen molar-refractivity contribution in [3.05, 3.63) is 30.6 Å². The maximum atomic E-state index is 14.7. The van der Waals surface area contributed by atoms with Gasteiger partial charge in [-0.25, -0.2) is 9.18 Å². The van der Waals surface area contributed by atoms with Gasteiger partial charge in [0.2, 0.25) is 0 Å². The molecule has 28 heavy (non-hydrogen) atoms. The lowest BCUT2D eigenvalue weighted by Gasteiger charge is -2.23. The predicted molar refractivity (Wildman–Crippen MR) is 93.7 cm³/mol. The number of aromatic nitrogens is 2. The van der Waals surface area contributed by atoms with Gasteiger partial charge in [0.15, 0.2) is 12.5 Å². The first-order valence-electron chi connectivity index (χ1n) is 8.07. The largest absolute Gasteiger partial charge is 0.394 e. The van der Waals surface area contributed by atoms with Crippen molar-refractivity contribution in [2.75, 3.05) is 13.2 Å². The van der Waals surface area contributed by atoms with Crippen molar-refractivity contribution in [2.24, 2.45) is 0 Å². The highest BCUT2D eigenvalue weighted by Gasteiger charge is 2.58. The Labute approximate surface area is 169 Å². The first-order valence-corrected chi connectivity index (χ1v) is 9.15. The molecule has 1 aromatic rings. The van der Waals surface area contributed by atoms with Crippen LogP contribution in [0.1, 0.15) is 6.23 Å².